The number of aliphatic hydroxyl groups excluding tert-OH is 1. The van der Waals surface area contributed by atoms with Gasteiger partial charge in [0, 0.05) is 31.6 Å². The highest BCUT2D eigenvalue weighted by Gasteiger charge is 2.43. The molecule has 0 saturated carbocycles. The van der Waals surface area contributed by atoms with Crippen molar-refractivity contribution in [1.29, 1.82) is 0 Å². The van der Waals surface area contributed by atoms with E-state index in [4.69, 9.17) is 9.84 Å². The number of benzene rings is 1. The van der Waals surface area contributed by atoms with Crippen LogP contribution in [-0.4, -0.2) is 65.0 Å². The van der Waals surface area contributed by atoms with Crippen molar-refractivity contribution in [3.63, 3.8) is 0 Å². The molecule has 0 bridgehead atoms. The summed E-state index contributed by atoms with van der Waals surface area (Å²) < 4.78 is 46.6. The average Bonchev–Trinajstić information content (AvgIpc) is 3.13. The minimum absolute atomic E-state index is 0.0235. The van der Waals surface area contributed by atoms with Gasteiger partial charge in [-0.3, -0.25) is 9.59 Å². The van der Waals surface area contributed by atoms with Gasteiger partial charge in [0.2, 0.25) is 5.91 Å². The van der Waals surface area contributed by atoms with Crippen LogP contribution in [0, 0.1) is 0 Å². The maximum Gasteiger partial charge on any atom is 0.435 e. The fourth-order valence-corrected chi connectivity index (χ4v) is 3.28. The smallest absolute Gasteiger partial charge is 0.435 e. The molecule has 1 aromatic heterocycles. The van der Waals surface area contributed by atoms with Crippen LogP contribution in [0.1, 0.15) is 28.2 Å². The van der Waals surface area contributed by atoms with Gasteiger partial charge in [-0.2, -0.15) is 18.3 Å². The van der Waals surface area contributed by atoms with Crippen LogP contribution in [0.2, 0.25) is 0 Å². The molecule has 0 spiro atoms. The molecule has 30 heavy (non-hydrogen) atoms. The number of nitrogens with one attached hydrogen (secondary N) is 1. The third kappa shape index (κ3) is 4.40. The minimum Gasteiger partial charge on any atom is -0.497 e. The molecule has 3 rings (SSSR count). The van der Waals surface area contributed by atoms with Crippen molar-refractivity contribution in [3.05, 3.63) is 41.2 Å². The van der Waals surface area contributed by atoms with E-state index in [1.807, 2.05) is 0 Å². The molecule has 1 aromatic carbocycles. The highest BCUT2D eigenvalue weighted by molar-refractivity contribution is 5.96. The summed E-state index contributed by atoms with van der Waals surface area (Å²) in [5, 5.41) is 14.9. The van der Waals surface area contributed by atoms with E-state index >= 15 is 0 Å². The Hall–Kier alpha value is -3.08. The predicted molar refractivity (Wildman–Crippen MR) is 99.4 cm³/mol. The van der Waals surface area contributed by atoms with Crippen LogP contribution in [0.15, 0.2) is 24.3 Å². The van der Waals surface area contributed by atoms with Gasteiger partial charge < -0.3 is 20.1 Å². The van der Waals surface area contributed by atoms with Crippen molar-refractivity contribution in [2.24, 2.45) is 0 Å². The summed E-state index contributed by atoms with van der Waals surface area (Å²) in [6, 6.07) is 6.15. The Morgan fingerprint density at radius 1 is 1.30 bits per heavy atom. The summed E-state index contributed by atoms with van der Waals surface area (Å²) in [4.78, 5) is 26.1. The number of carbonyl (C=O) groups excluding carboxylic acids is 2. The Morgan fingerprint density at radius 3 is 2.60 bits per heavy atom. The molecule has 1 aliphatic rings. The Morgan fingerprint density at radius 2 is 2.00 bits per heavy atom. The standard InChI is InChI=1S/C19H21F3N4O4/c1-30-13-4-2-12(3-5-13)26-16-14(17(24-26)19(20,21)22)6-9-25(18(16)29)10-7-15(28)23-8-11-27/h2-5,27H,6-11H2,1H3,(H,23,28). The molecule has 2 N–H and O–H groups in total. The van der Waals surface area contributed by atoms with Crippen LogP contribution in [0.5, 0.6) is 5.75 Å². The summed E-state index contributed by atoms with van der Waals surface area (Å²) in [5.41, 5.74) is -1.10. The van der Waals surface area contributed by atoms with Crippen molar-refractivity contribution in [3.8, 4) is 11.4 Å². The Balaban J connectivity index is 1.92. The van der Waals surface area contributed by atoms with Gasteiger partial charge in [0.1, 0.15) is 11.4 Å². The second-order valence-corrected chi connectivity index (χ2v) is 6.65. The topological polar surface area (TPSA) is 96.7 Å². The number of amides is 2. The molecule has 0 saturated heterocycles. The zero-order valence-corrected chi connectivity index (χ0v) is 16.2. The first kappa shape index (κ1) is 21.6. The molecule has 1 aliphatic heterocycles. The highest BCUT2D eigenvalue weighted by atomic mass is 19.4. The van der Waals surface area contributed by atoms with Crippen LogP contribution in [0.3, 0.4) is 0 Å². The molecule has 0 aliphatic carbocycles. The SMILES string of the molecule is COc1ccc(-n2nc(C(F)(F)F)c3c2C(=O)N(CCC(=O)NCCO)CC3)cc1. The van der Waals surface area contributed by atoms with Crippen LogP contribution in [-0.2, 0) is 17.4 Å². The minimum atomic E-state index is -4.70. The van der Waals surface area contributed by atoms with Gasteiger partial charge in [0.15, 0.2) is 5.69 Å². The molecule has 2 aromatic rings. The first-order chi connectivity index (χ1) is 14.3. The summed E-state index contributed by atoms with van der Waals surface area (Å²) in [5.74, 6) is -0.468. The quantitative estimate of drug-likeness (QED) is 0.698. The number of carbonyl (C=O) groups is 2. The fourth-order valence-electron chi connectivity index (χ4n) is 3.28. The summed E-state index contributed by atoms with van der Waals surface area (Å²) in [6.07, 6.45) is -4.75. The van der Waals surface area contributed by atoms with E-state index in [0.717, 1.165) is 4.68 Å². The Bertz CT molecular complexity index is 925. The van der Waals surface area contributed by atoms with Crippen LogP contribution < -0.4 is 10.1 Å². The number of halogens is 3. The lowest BCUT2D eigenvalue weighted by molar-refractivity contribution is -0.142. The van der Waals surface area contributed by atoms with Gasteiger partial charge in [-0.15, -0.1) is 0 Å². The van der Waals surface area contributed by atoms with Crippen molar-refractivity contribution >= 4 is 11.8 Å². The van der Waals surface area contributed by atoms with Gasteiger partial charge in [0.05, 0.1) is 19.4 Å². The molecule has 0 fully saturated rings. The number of fused-ring (bicyclic) bond motifs is 1. The molecule has 2 heterocycles. The third-order valence-electron chi connectivity index (χ3n) is 4.73. The number of hydrogen-bond donors (Lipinski definition) is 2. The maximum atomic E-state index is 13.5. The number of ether oxygens (including phenoxy) is 1. The van der Waals surface area contributed by atoms with Crippen LogP contribution in [0.25, 0.3) is 5.69 Å². The molecule has 8 nitrogen and oxygen atoms in total. The number of nitrogens with zero attached hydrogens (tertiary/aromatic N) is 3. The van der Waals surface area contributed by atoms with Gasteiger partial charge in [-0.1, -0.05) is 0 Å². The Labute approximate surface area is 170 Å². The zero-order valence-electron chi connectivity index (χ0n) is 16.2. The number of methoxy groups -OCH3 is 1. The molecule has 11 heteroatoms. The Kier molecular flexibility index (Phi) is 6.30. The van der Waals surface area contributed by atoms with Crippen LogP contribution >= 0.6 is 0 Å². The molecule has 0 unspecified atom stereocenters. The van der Waals surface area contributed by atoms with E-state index in [1.54, 1.807) is 12.1 Å². The van der Waals surface area contributed by atoms with Gasteiger partial charge in [-0.05, 0) is 30.7 Å². The van der Waals surface area contributed by atoms with E-state index in [9.17, 15) is 22.8 Å². The fraction of sp³-hybridized carbons (Fsp3) is 0.421. The van der Waals surface area contributed by atoms with E-state index in [1.165, 1.54) is 24.1 Å². The lowest BCUT2D eigenvalue weighted by Gasteiger charge is -2.27. The second kappa shape index (κ2) is 8.74. The van der Waals surface area contributed by atoms with Crippen molar-refractivity contribution < 1.29 is 32.6 Å². The van der Waals surface area contributed by atoms with Crippen molar-refractivity contribution in [2.75, 3.05) is 33.4 Å². The second-order valence-electron chi connectivity index (χ2n) is 6.65. The van der Waals surface area contributed by atoms with Crippen molar-refractivity contribution in [2.45, 2.75) is 19.0 Å². The molecule has 0 radical (unpaired) electrons. The van der Waals surface area contributed by atoms with Gasteiger partial charge in [0.25, 0.3) is 5.91 Å². The maximum absolute atomic E-state index is 13.5. The molecular weight excluding hydrogens is 405 g/mol. The van der Waals surface area contributed by atoms with Crippen molar-refractivity contribution in [1.82, 2.24) is 20.0 Å². The van der Waals surface area contributed by atoms with Gasteiger partial charge >= 0.3 is 6.18 Å². The first-order valence-electron chi connectivity index (χ1n) is 9.26. The molecule has 2 amide bonds. The first-order valence-corrected chi connectivity index (χ1v) is 9.26. The largest absolute Gasteiger partial charge is 0.497 e. The lowest BCUT2D eigenvalue weighted by Crippen LogP contribution is -2.41. The summed E-state index contributed by atoms with van der Waals surface area (Å²) in [6.45, 7) is -0.0176. The number of aromatic nitrogens is 2. The number of aliphatic hydroxyl groups is 1. The van der Waals surface area contributed by atoms with E-state index in [-0.39, 0.29) is 56.2 Å². The summed E-state index contributed by atoms with van der Waals surface area (Å²) in [7, 11) is 1.46. The normalized spacial score (nSPS) is 13.9. The number of alkyl halides is 3. The zero-order chi connectivity index (χ0) is 21.9. The monoisotopic (exact) mass is 426 g/mol. The molecule has 162 valence electrons. The van der Waals surface area contributed by atoms with Crippen LogP contribution in [0.4, 0.5) is 13.2 Å². The molecule has 0 atom stereocenters. The predicted octanol–water partition coefficient (Wildman–Crippen LogP) is 1.40. The number of rotatable bonds is 7. The molecular formula is C19H21F3N4O4. The number of hydrogen-bond acceptors (Lipinski definition) is 5. The van der Waals surface area contributed by atoms with E-state index in [2.05, 4.69) is 10.4 Å². The summed E-state index contributed by atoms with van der Waals surface area (Å²) >= 11 is 0. The van der Waals surface area contributed by atoms with Gasteiger partial charge in [-0.25, -0.2) is 4.68 Å². The highest BCUT2D eigenvalue weighted by Crippen LogP contribution is 2.36. The average molecular weight is 426 g/mol. The third-order valence-corrected chi connectivity index (χ3v) is 4.73. The lowest BCUT2D eigenvalue weighted by atomic mass is 10.0. The van der Waals surface area contributed by atoms with E-state index in [0.29, 0.717) is 11.4 Å². The van der Waals surface area contributed by atoms with E-state index < -0.39 is 17.8 Å².